The van der Waals surface area contributed by atoms with Gasteiger partial charge in [0.1, 0.15) is 17.4 Å². The first kappa shape index (κ1) is 11.9. The van der Waals surface area contributed by atoms with Gasteiger partial charge in [-0.15, -0.1) is 0 Å². The summed E-state index contributed by atoms with van der Waals surface area (Å²) in [4.78, 5) is 17.0. The molecule has 2 rings (SSSR count). The lowest BCUT2D eigenvalue weighted by Gasteiger charge is -2.29. The fourth-order valence-electron chi connectivity index (χ4n) is 1.93. The predicted octanol–water partition coefficient (Wildman–Crippen LogP) is 1.25. The van der Waals surface area contributed by atoms with Crippen LogP contribution in [0.3, 0.4) is 0 Å². The minimum Gasteiger partial charge on any atom is -0.489 e. The van der Waals surface area contributed by atoms with Gasteiger partial charge in [-0.05, 0) is 26.0 Å². The minimum atomic E-state index is -0.999. The van der Waals surface area contributed by atoms with Gasteiger partial charge in [-0.2, -0.15) is 0 Å². The van der Waals surface area contributed by atoms with Crippen LogP contribution in [0.2, 0.25) is 0 Å². The first-order chi connectivity index (χ1) is 8.16. The SMILES string of the molecule is CN1CCC(Oc2ccncc2C(=O)O)CC1. The Labute approximate surface area is 100 Å². The summed E-state index contributed by atoms with van der Waals surface area (Å²) in [5, 5.41) is 9.01. The van der Waals surface area contributed by atoms with Gasteiger partial charge < -0.3 is 14.7 Å². The van der Waals surface area contributed by atoms with Gasteiger partial charge in [0.15, 0.2) is 0 Å². The highest BCUT2D eigenvalue weighted by atomic mass is 16.5. The molecule has 17 heavy (non-hydrogen) atoms. The van der Waals surface area contributed by atoms with Crippen molar-refractivity contribution >= 4 is 5.97 Å². The molecule has 0 amide bonds. The molecule has 0 aliphatic carbocycles. The van der Waals surface area contributed by atoms with Crippen molar-refractivity contribution in [2.24, 2.45) is 0 Å². The molecule has 1 aliphatic rings. The van der Waals surface area contributed by atoms with Gasteiger partial charge in [0.2, 0.25) is 0 Å². The standard InChI is InChI=1S/C12H16N2O3/c1-14-6-3-9(4-7-14)17-11-2-5-13-8-10(11)12(15)16/h2,5,8-9H,3-4,6-7H2,1H3,(H,15,16). The minimum absolute atomic E-state index is 0.103. The van der Waals surface area contributed by atoms with Crippen LogP contribution >= 0.6 is 0 Å². The van der Waals surface area contributed by atoms with Gasteiger partial charge in [0.05, 0.1) is 0 Å². The molecule has 0 radical (unpaired) electrons. The zero-order valence-corrected chi connectivity index (χ0v) is 9.80. The van der Waals surface area contributed by atoms with Crippen molar-refractivity contribution in [2.45, 2.75) is 18.9 Å². The molecule has 5 nitrogen and oxygen atoms in total. The Morgan fingerprint density at radius 1 is 1.53 bits per heavy atom. The summed E-state index contributed by atoms with van der Waals surface area (Å²) in [6.07, 6.45) is 4.84. The zero-order valence-electron chi connectivity index (χ0n) is 9.80. The van der Waals surface area contributed by atoms with E-state index < -0.39 is 5.97 Å². The van der Waals surface area contributed by atoms with E-state index in [0.717, 1.165) is 25.9 Å². The van der Waals surface area contributed by atoms with Crippen LogP contribution in [0.1, 0.15) is 23.2 Å². The molecular weight excluding hydrogens is 220 g/mol. The van der Waals surface area contributed by atoms with Crippen molar-refractivity contribution in [1.82, 2.24) is 9.88 Å². The van der Waals surface area contributed by atoms with Crippen molar-refractivity contribution in [3.63, 3.8) is 0 Å². The van der Waals surface area contributed by atoms with Crippen LogP contribution in [0.25, 0.3) is 0 Å². The summed E-state index contributed by atoms with van der Waals surface area (Å²) >= 11 is 0. The Balaban J connectivity index is 2.05. The third-order valence-corrected chi connectivity index (χ3v) is 2.97. The van der Waals surface area contributed by atoms with E-state index in [-0.39, 0.29) is 11.7 Å². The monoisotopic (exact) mass is 236 g/mol. The molecule has 0 bridgehead atoms. The summed E-state index contributed by atoms with van der Waals surface area (Å²) in [7, 11) is 2.07. The number of rotatable bonds is 3. The number of aromatic nitrogens is 1. The quantitative estimate of drug-likeness (QED) is 0.855. The second-order valence-electron chi connectivity index (χ2n) is 4.30. The normalized spacial score (nSPS) is 17.9. The van der Waals surface area contributed by atoms with Crippen LogP contribution in [-0.4, -0.2) is 47.2 Å². The van der Waals surface area contributed by atoms with Gasteiger partial charge in [-0.1, -0.05) is 0 Å². The average molecular weight is 236 g/mol. The van der Waals surface area contributed by atoms with Crippen LogP contribution in [0.5, 0.6) is 5.75 Å². The molecule has 0 spiro atoms. The largest absolute Gasteiger partial charge is 0.489 e. The van der Waals surface area contributed by atoms with Gasteiger partial charge in [-0.3, -0.25) is 4.98 Å². The number of carbonyl (C=O) groups is 1. The van der Waals surface area contributed by atoms with Crippen LogP contribution in [0, 0.1) is 0 Å². The number of hydrogen-bond acceptors (Lipinski definition) is 4. The van der Waals surface area contributed by atoms with Gasteiger partial charge in [-0.25, -0.2) is 4.79 Å². The summed E-state index contributed by atoms with van der Waals surface area (Å²) in [5.74, 6) is -0.580. The summed E-state index contributed by atoms with van der Waals surface area (Å²) in [6, 6.07) is 1.61. The van der Waals surface area contributed by atoms with E-state index in [1.165, 1.54) is 6.20 Å². The third-order valence-electron chi connectivity index (χ3n) is 2.97. The van der Waals surface area contributed by atoms with Crippen LogP contribution < -0.4 is 4.74 Å². The Morgan fingerprint density at radius 3 is 2.88 bits per heavy atom. The number of carboxylic acid groups (broad SMARTS) is 1. The molecular formula is C12H16N2O3. The van der Waals surface area contributed by atoms with E-state index in [9.17, 15) is 4.79 Å². The molecule has 5 heteroatoms. The van der Waals surface area contributed by atoms with E-state index in [1.807, 2.05) is 0 Å². The maximum Gasteiger partial charge on any atom is 0.341 e. The van der Waals surface area contributed by atoms with E-state index in [1.54, 1.807) is 12.3 Å². The number of nitrogens with zero attached hydrogens (tertiary/aromatic N) is 2. The molecule has 1 N–H and O–H groups in total. The second-order valence-corrected chi connectivity index (χ2v) is 4.30. The lowest BCUT2D eigenvalue weighted by atomic mass is 10.1. The molecule has 1 aliphatic heterocycles. The van der Waals surface area contributed by atoms with E-state index in [2.05, 4.69) is 16.9 Å². The molecule has 1 saturated heterocycles. The van der Waals surface area contributed by atoms with Crippen molar-refractivity contribution < 1.29 is 14.6 Å². The van der Waals surface area contributed by atoms with Gasteiger partial charge in [0.25, 0.3) is 0 Å². The molecule has 0 aromatic carbocycles. The molecule has 1 aromatic heterocycles. The molecule has 0 unspecified atom stereocenters. The van der Waals surface area contributed by atoms with Crippen LogP contribution in [0.15, 0.2) is 18.5 Å². The van der Waals surface area contributed by atoms with Crippen molar-refractivity contribution in [2.75, 3.05) is 20.1 Å². The fraction of sp³-hybridized carbons (Fsp3) is 0.500. The Bertz CT molecular complexity index is 400. The first-order valence-electron chi connectivity index (χ1n) is 5.69. The second kappa shape index (κ2) is 5.14. The summed E-state index contributed by atoms with van der Waals surface area (Å²) in [5.41, 5.74) is 0.131. The number of hydrogen-bond donors (Lipinski definition) is 1. The smallest absolute Gasteiger partial charge is 0.341 e. The highest BCUT2D eigenvalue weighted by molar-refractivity contribution is 5.90. The molecule has 1 fully saturated rings. The summed E-state index contributed by atoms with van der Waals surface area (Å²) < 4.78 is 5.75. The maximum absolute atomic E-state index is 11.0. The summed E-state index contributed by atoms with van der Waals surface area (Å²) in [6.45, 7) is 1.97. The number of ether oxygens (including phenoxy) is 1. The van der Waals surface area contributed by atoms with E-state index in [4.69, 9.17) is 9.84 Å². The van der Waals surface area contributed by atoms with E-state index >= 15 is 0 Å². The maximum atomic E-state index is 11.0. The van der Waals surface area contributed by atoms with Crippen LogP contribution in [-0.2, 0) is 0 Å². The highest BCUT2D eigenvalue weighted by Crippen LogP contribution is 2.21. The Kier molecular flexibility index (Phi) is 3.58. The molecule has 2 heterocycles. The number of pyridine rings is 1. The average Bonchev–Trinajstić information content (AvgIpc) is 2.32. The molecule has 0 atom stereocenters. The predicted molar refractivity (Wildman–Crippen MR) is 62.3 cm³/mol. The third kappa shape index (κ3) is 2.94. The highest BCUT2D eigenvalue weighted by Gasteiger charge is 2.20. The lowest BCUT2D eigenvalue weighted by molar-refractivity contribution is 0.0680. The Morgan fingerprint density at radius 2 is 2.24 bits per heavy atom. The molecule has 0 saturated carbocycles. The van der Waals surface area contributed by atoms with Gasteiger partial charge in [0, 0.05) is 25.5 Å². The van der Waals surface area contributed by atoms with Gasteiger partial charge >= 0.3 is 5.97 Å². The fourth-order valence-corrected chi connectivity index (χ4v) is 1.93. The van der Waals surface area contributed by atoms with E-state index in [0.29, 0.717) is 5.75 Å². The van der Waals surface area contributed by atoms with Crippen molar-refractivity contribution in [1.29, 1.82) is 0 Å². The number of carboxylic acids is 1. The molecule has 1 aromatic rings. The topological polar surface area (TPSA) is 62.7 Å². The number of piperidine rings is 1. The lowest BCUT2D eigenvalue weighted by Crippen LogP contribution is -2.35. The first-order valence-corrected chi connectivity index (χ1v) is 5.69. The number of aromatic carboxylic acids is 1. The molecule has 92 valence electrons. The van der Waals surface area contributed by atoms with Crippen molar-refractivity contribution in [3.8, 4) is 5.75 Å². The van der Waals surface area contributed by atoms with Crippen molar-refractivity contribution in [3.05, 3.63) is 24.0 Å². The Hall–Kier alpha value is -1.62. The van der Waals surface area contributed by atoms with Crippen LogP contribution in [0.4, 0.5) is 0 Å². The zero-order chi connectivity index (χ0) is 12.3. The number of likely N-dealkylation sites (tertiary alicyclic amines) is 1.